The topological polar surface area (TPSA) is 210 Å². The Labute approximate surface area is 298 Å². The molecule has 1 aromatic rings. The van der Waals surface area contributed by atoms with Crippen molar-refractivity contribution in [2.24, 2.45) is 10.8 Å². The van der Waals surface area contributed by atoms with Crippen LogP contribution in [0.1, 0.15) is 20.7 Å². The van der Waals surface area contributed by atoms with Crippen molar-refractivity contribution in [1.29, 1.82) is 0 Å². The van der Waals surface area contributed by atoms with Gasteiger partial charge in [0.1, 0.15) is 63.7 Å². The van der Waals surface area contributed by atoms with E-state index in [0.29, 0.717) is 0 Å². The maximum Gasteiger partial charge on any atom is 0.338 e. The summed E-state index contributed by atoms with van der Waals surface area (Å²) >= 11 is 0. The fraction of sp³-hybridized carbons (Fsp3) is 0.278. The highest BCUT2D eigenvalue weighted by atomic mass is 16.6. The van der Waals surface area contributed by atoms with E-state index >= 15 is 0 Å². The Bertz CT molecular complexity index is 1340. The third-order valence-corrected chi connectivity index (χ3v) is 6.48. The van der Waals surface area contributed by atoms with Crippen molar-refractivity contribution in [3.8, 4) is 0 Å². The minimum atomic E-state index is -1.62. The highest BCUT2D eigenvalue weighted by Crippen LogP contribution is 2.24. The van der Waals surface area contributed by atoms with Crippen LogP contribution in [0.15, 0.2) is 100 Å². The highest BCUT2D eigenvalue weighted by molar-refractivity contribution is 5.95. The van der Waals surface area contributed by atoms with Gasteiger partial charge in [0.05, 0.1) is 11.1 Å². The first kappa shape index (κ1) is 43.4. The summed E-state index contributed by atoms with van der Waals surface area (Å²) in [6.45, 7) is 15.1. The van der Waals surface area contributed by atoms with E-state index < -0.39 is 111 Å². The van der Waals surface area contributed by atoms with Crippen molar-refractivity contribution in [3.05, 3.63) is 111 Å². The SMILES string of the molecule is C=CC(=O)OCC(COC(=O)C=C)(COC(=O)C=C)COC(=O)c1cccc(C(=O)OCC(COC(=O)C=C)(COC(=O)C=C)COC(=O)C=C)c1. The summed E-state index contributed by atoms with van der Waals surface area (Å²) in [7, 11) is 0. The van der Waals surface area contributed by atoms with Gasteiger partial charge >= 0.3 is 47.8 Å². The van der Waals surface area contributed by atoms with Crippen molar-refractivity contribution < 1.29 is 76.3 Å². The van der Waals surface area contributed by atoms with Gasteiger partial charge in [-0.1, -0.05) is 45.5 Å². The van der Waals surface area contributed by atoms with Gasteiger partial charge in [0, 0.05) is 36.5 Å². The Balaban J connectivity index is 3.32. The molecular weight excluding hydrogens is 688 g/mol. The van der Waals surface area contributed by atoms with Crippen molar-refractivity contribution in [1.82, 2.24) is 0 Å². The third-order valence-electron chi connectivity index (χ3n) is 6.48. The summed E-state index contributed by atoms with van der Waals surface area (Å²) in [5.74, 6) is -7.32. The Morgan fingerprint density at radius 3 is 0.827 bits per heavy atom. The maximum atomic E-state index is 13.2. The summed E-state index contributed by atoms with van der Waals surface area (Å²) < 4.78 is 41.5. The molecule has 0 fully saturated rings. The van der Waals surface area contributed by atoms with Crippen LogP contribution in [0.2, 0.25) is 0 Å². The average Bonchev–Trinajstić information content (AvgIpc) is 3.18. The molecular formula is C36H38O16. The molecule has 278 valence electrons. The number of hydrogen-bond donors (Lipinski definition) is 0. The van der Waals surface area contributed by atoms with E-state index in [1.807, 2.05) is 0 Å². The molecule has 0 N–H and O–H groups in total. The summed E-state index contributed by atoms with van der Waals surface area (Å²) in [5, 5.41) is 0. The largest absolute Gasteiger partial charge is 0.462 e. The first-order valence-corrected chi connectivity index (χ1v) is 14.9. The molecule has 0 spiro atoms. The van der Waals surface area contributed by atoms with Crippen LogP contribution in [0.5, 0.6) is 0 Å². The van der Waals surface area contributed by atoms with E-state index in [1.54, 1.807) is 0 Å². The van der Waals surface area contributed by atoms with Gasteiger partial charge in [0.25, 0.3) is 0 Å². The normalized spacial score (nSPS) is 10.5. The van der Waals surface area contributed by atoms with Crippen LogP contribution in [0.4, 0.5) is 0 Å². The second-order valence-corrected chi connectivity index (χ2v) is 10.6. The molecule has 0 aliphatic carbocycles. The lowest BCUT2D eigenvalue weighted by Gasteiger charge is -2.31. The van der Waals surface area contributed by atoms with Crippen molar-refractivity contribution in [3.63, 3.8) is 0 Å². The van der Waals surface area contributed by atoms with Gasteiger partial charge in [0.2, 0.25) is 0 Å². The number of ether oxygens (including phenoxy) is 8. The minimum Gasteiger partial charge on any atom is -0.462 e. The highest BCUT2D eigenvalue weighted by Gasteiger charge is 2.39. The van der Waals surface area contributed by atoms with Gasteiger partial charge in [-0.25, -0.2) is 38.4 Å². The van der Waals surface area contributed by atoms with E-state index in [4.69, 9.17) is 37.9 Å². The van der Waals surface area contributed by atoms with E-state index in [9.17, 15) is 38.4 Å². The van der Waals surface area contributed by atoms with E-state index in [2.05, 4.69) is 39.5 Å². The third kappa shape index (κ3) is 15.3. The molecule has 0 aliphatic heterocycles. The van der Waals surface area contributed by atoms with Crippen LogP contribution in [-0.4, -0.2) is 101 Å². The van der Waals surface area contributed by atoms with E-state index in [0.717, 1.165) is 42.5 Å². The molecule has 0 aromatic heterocycles. The molecule has 52 heavy (non-hydrogen) atoms. The van der Waals surface area contributed by atoms with Gasteiger partial charge in [-0.15, -0.1) is 0 Å². The van der Waals surface area contributed by atoms with Crippen molar-refractivity contribution >= 4 is 47.8 Å². The Morgan fingerprint density at radius 1 is 0.404 bits per heavy atom. The van der Waals surface area contributed by atoms with Gasteiger partial charge in [-0.05, 0) is 18.2 Å². The molecule has 0 heterocycles. The molecule has 16 nitrogen and oxygen atoms in total. The van der Waals surface area contributed by atoms with Gasteiger partial charge < -0.3 is 37.9 Å². The molecule has 1 rings (SSSR count). The van der Waals surface area contributed by atoms with Crippen LogP contribution >= 0.6 is 0 Å². The van der Waals surface area contributed by atoms with E-state index in [-0.39, 0.29) is 11.1 Å². The number of rotatable bonds is 24. The van der Waals surface area contributed by atoms with Crippen molar-refractivity contribution in [2.75, 3.05) is 52.9 Å². The molecule has 16 heteroatoms. The van der Waals surface area contributed by atoms with E-state index in [1.165, 1.54) is 18.2 Å². The van der Waals surface area contributed by atoms with Crippen LogP contribution in [0.3, 0.4) is 0 Å². The summed E-state index contributed by atoms with van der Waals surface area (Å²) in [4.78, 5) is 97.4. The number of carbonyl (C=O) groups excluding carboxylic acids is 8. The summed E-state index contributed by atoms with van der Waals surface area (Å²) in [6.07, 6.45) is 5.12. The number of benzene rings is 1. The zero-order valence-corrected chi connectivity index (χ0v) is 28.2. The first-order chi connectivity index (χ1) is 24.7. The number of carbonyl (C=O) groups is 8. The predicted octanol–water partition coefficient (Wildman–Crippen LogP) is 2.35. The number of esters is 8. The quantitative estimate of drug-likeness (QED) is 0.0850. The molecule has 0 saturated carbocycles. The standard InChI is InChI=1S/C36H38O16/c1-7-27(37)45-17-35(18-46-28(38)8-2,19-47-29(39)9-3)23-51-33(43)25-14-13-15-26(16-25)34(44)52-24-36(20-48-30(40)10-4,21-49-31(41)11-5)22-50-32(42)12-6/h7-16H,1-6,17-24H2. The van der Waals surface area contributed by atoms with Crippen LogP contribution in [0, 0.1) is 10.8 Å². The zero-order chi connectivity index (χ0) is 39.2. The zero-order valence-electron chi connectivity index (χ0n) is 28.2. The molecule has 0 radical (unpaired) electrons. The van der Waals surface area contributed by atoms with Gasteiger partial charge in [-0.3, -0.25) is 0 Å². The lowest BCUT2D eigenvalue weighted by Crippen LogP contribution is -2.43. The molecule has 0 amide bonds. The lowest BCUT2D eigenvalue weighted by molar-refractivity contribution is -0.161. The Morgan fingerprint density at radius 2 is 0.615 bits per heavy atom. The minimum absolute atomic E-state index is 0.177. The Hall–Kier alpha value is -6.58. The smallest absolute Gasteiger partial charge is 0.338 e. The molecule has 0 atom stereocenters. The lowest BCUT2D eigenvalue weighted by atomic mass is 9.92. The summed E-state index contributed by atoms with van der Waals surface area (Å²) in [6, 6.07) is 5.00. The molecule has 0 unspecified atom stereocenters. The molecule has 0 aliphatic rings. The maximum absolute atomic E-state index is 13.2. The predicted molar refractivity (Wildman–Crippen MR) is 179 cm³/mol. The fourth-order valence-electron chi connectivity index (χ4n) is 3.58. The van der Waals surface area contributed by atoms with Crippen molar-refractivity contribution in [2.45, 2.75) is 0 Å². The van der Waals surface area contributed by atoms with Gasteiger partial charge in [0.15, 0.2) is 0 Å². The van der Waals surface area contributed by atoms with Gasteiger partial charge in [-0.2, -0.15) is 0 Å². The van der Waals surface area contributed by atoms with Crippen LogP contribution in [-0.2, 0) is 66.7 Å². The second-order valence-electron chi connectivity index (χ2n) is 10.6. The fourth-order valence-corrected chi connectivity index (χ4v) is 3.58. The number of hydrogen-bond acceptors (Lipinski definition) is 16. The summed E-state index contributed by atoms with van der Waals surface area (Å²) in [5.41, 5.74) is -3.60. The monoisotopic (exact) mass is 726 g/mol. The molecule has 0 bridgehead atoms. The average molecular weight is 727 g/mol. The Kier molecular flexibility index (Phi) is 18.5. The van der Waals surface area contributed by atoms with Crippen LogP contribution < -0.4 is 0 Å². The molecule has 0 saturated heterocycles. The molecule has 1 aromatic carbocycles. The first-order valence-electron chi connectivity index (χ1n) is 14.9. The second kappa shape index (κ2) is 22.2. The van der Waals surface area contributed by atoms with Crippen LogP contribution in [0.25, 0.3) is 0 Å².